The van der Waals surface area contributed by atoms with Gasteiger partial charge in [-0.25, -0.2) is 4.98 Å². The average molecular weight is 467 g/mol. The third-order valence-electron chi connectivity index (χ3n) is 5.25. The highest BCUT2D eigenvalue weighted by Crippen LogP contribution is 2.26. The highest BCUT2D eigenvalue weighted by Gasteiger charge is 2.13. The van der Waals surface area contributed by atoms with Crippen LogP contribution in [-0.4, -0.2) is 30.6 Å². The molecular formula is C26H22N6OS. The number of anilines is 1. The molecule has 1 amide bonds. The SMILES string of the molecule is Cn1c(SCc2nc3ccccc3[nH]2)nnc1-c1ccc(NC(=O)C=Cc2ccccc2)cc1. The monoisotopic (exact) mass is 466 g/mol. The Bertz CT molecular complexity index is 1420. The van der Waals surface area contributed by atoms with Gasteiger partial charge in [0.2, 0.25) is 5.91 Å². The van der Waals surface area contributed by atoms with Crippen LogP contribution in [0.2, 0.25) is 0 Å². The van der Waals surface area contributed by atoms with E-state index in [1.165, 1.54) is 6.08 Å². The number of benzene rings is 3. The molecule has 0 aliphatic rings. The van der Waals surface area contributed by atoms with Gasteiger partial charge >= 0.3 is 0 Å². The van der Waals surface area contributed by atoms with E-state index in [4.69, 9.17) is 0 Å². The second-order valence-corrected chi connectivity index (χ2v) is 8.61. The fourth-order valence-electron chi connectivity index (χ4n) is 3.52. The minimum atomic E-state index is -0.181. The molecule has 0 saturated heterocycles. The molecule has 0 spiro atoms. The average Bonchev–Trinajstić information content (AvgIpc) is 3.45. The summed E-state index contributed by atoms with van der Waals surface area (Å²) in [7, 11) is 1.94. The van der Waals surface area contributed by atoms with E-state index >= 15 is 0 Å². The number of hydrogen-bond acceptors (Lipinski definition) is 5. The van der Waals surface area contributed by atoms with E-state index in [-0.39, 0.29) is 5.91 Å². The van der Waals surface area contributed by atoms with Crippen molar-refractivity contribution >= 4 is 40.5 Å². The molecule has 0 aliphatic heterocycles. The topological polar surface area (TPSA) is 88.5 Å². The number of imidazole rings is 1. The largest absolute Gasteiger partial charge is 0.341 e. The summed E-state index contributed by atoms with van der Waals surface area (Å²) >= 11 is 1.58. The fourth-order valence-corrected chi connectivity index (χ4v) is 4.30. The number of carbonyl (C=O) groups excluding carboxylic acids is 1. The van der Waals surface area contributed by atoms with Crippen molar-refractivity contribution in [1.82, 2.24) is 24.7 Å². The second-order valence-electron chi connectivity index (χ2n) is 7.67. The van der Waals surface area contributed by atoms with Gasteiger partial charge in [-0.05, 0) is 48.0 Å². The zero-order valence-electron chi connectivity index (χ0n) is 18.5. The molecule has 0 aliphatic carbocycles. The molecule has 7 nitrogen and oxygen atoms in total. The normalized spacial score (nSPS) is 11.3. The van der Waals surface area contributed by atoms with Crippen LogP contribution in [0.3, 0.4) is 0 Å². The Kier molecular flexibility index (Phi) is 6.22. The first-order valence-corrected chi connectivity index (χ1v) is 11.7. The Morgan fingerprint density at radius 3 is 2.56 bits per heavy atom. The fraction of sp³-hybridized carbons (Fsp3) is 0.0769. The summed E-state index contributed by atoms with van der Waals surface area (Å²) in [5.41, 5.74) is 4.60. The maximum absolute atomic E-state index is 12.2. The van der Waals surface area contributed by atoms with E-state index in [2.05, 4.69) is 25.5 Å². The smallest absolute Gasteiger partial charge is 0.248 e. The van der Waals surface area contributed by atoms with Gasteiger partial charge in [-0.15, -0.1) is 10.2 Å². The van der Waals surface area contributed by atoms with Gasteiger partial charge in [-0.1, -0.05) is 54.2 Å². The number of carbonyl (C=O) groups is 1. The second kappa shape index (κ2) is 9.76. The standard InChI is InChI=1S/C26H22N6OS/c1-32-25(30-31-26(32)34-17-23-28-21-9-5-6-10-22(21)29-23)19-12-14-20(15-13-19)27-24(33)16-11-18-7-3-2-4-8-18/h2-16H,17H2,1H3,(H,27,33)(H,28,29). The van der Waals surface area contributed by atoms with Crippen molar-refractivity contribution in [1.29, 1.82) is 0 Å². The number of H-pyrrole nitrogens is 1. The molecular weight excluding hydrogens is 444 g/mol. The molecule has 2 aromatic heterocycles. The Balaban J connectivity index is 1.22. The first kappa shape index (κ1) is 21.7. The van der Waals surface area contributed by atoms with Crippen LogP contribution < -0.4 is 5.32 Å². The number of aromatic amines is 1. The quantitative estimate of drug-likeness (QED) is 0.251. The van der Waals surface area contributed by atoms with Crippen molar-refractivity contribution in [3.8, 4) is 11.4 Å². The first-order valence-electron chi connectivity index (χ1n) is 10.8. The van der Waals surface area contributed by atoms with Crippen LogP contribution in [0.15, 0.2) is 90.1 Å². The summed E-state index contributed by atoms with van der Waals surface area (Å²) in [5.74, 6) is 2.15. The lowest BCUT2D eigenvalue weighted by Crippen LogP contribution is -2.07. The van der Waals surface area contributed by atoms with Gasteiger partial charge in [0.05, 0.1) is 16.8 Å². The molecule has 0 fully saturated rings. The Hall–Kier alpha value is -4.17. The van der Waals surface area contributed by atoms with E-state index in [1.807, 2.05) is 90.5 Å². The van der Waals surface area contributed by atoms with Gasteiger partial charge in [0, 0.05) is 24.4 Å². The summed E-state index contributed by atoms with van der Waals surface area (Å²) in [5, 5.41) is 12.4. The Morgan fingerprint density at radius 1 is 1.00 bits per heavy atom. The number of aromatic nitrogens is 5. The van der Waals surface area contributed by atoms with Crippen LogP contribution in [-0.2, 0) is 17.6 Å². The number of para-hydroxylation sites is 2. The van der Waals surface area contributed by atoms with Gasteiger partial charge in [0.1, 0.15) is 5.82 Å². The molecule has 34 heavy (non-hydrogen) atoms. The van der Waals surface area contributed by atoms with Crippen LogP contribution in [0.1, 0.15) is 11.4 Å². The van der Waals surface area contributed by atoms with Gasteiger partial charge in [0.15, 0.2) is 11.0 Å². The van der Waals surface area contributed by atoms with Crippen LogP contribution in [0.5, 0.6) is 0 Å². The van der Waals surface area contributed by atoms with E-state index in [9.17, 15) is 4.79 Å². The first-order chi connectivity index (χ1) is 16.7. The number of rotatable bonds is 7. The lowest BCUT2D eigenvalue weighted by atomic mass is 10.2. The number of nitrogens with zero attached hydrogens (tertiary/aromatic N) is 4. The van der Waals surface area contributed by atoms with Crippen molar-refractivity contribution < 1.29 is 4.79 Å². The van der Waals surface area contributed by atoms with Crippen molar-refractivity contribution in [2.45, 2.75) is 10.9 Å². The zero-order valence-corrected chi connectivity index (χ0v) is 19.3. The predicted molar refractivity (Wildman–Crippen MR) is 136 cm³/mol. The van der Waals surface area contributed by atoms with E-state index in [0.717, 1.165) is 39.0 Å². The summed E-state index contributed by atoms with van der Waals surface area (Å²) in [6.45, 7) is 0. The maximum atomic E-state index is 12.2. The Morgan fingerprint density at radius 2 is 1.76 bits per heavy atom. The zero-order chi connectivity index (χ0) is 23.3. The molecule has 5 rings (SSSR count). The minimum absolute atomic E-state index is 0.181. The third-order valence-corrected chi connectivity index (χ3v) is 6.28. The van der Waals surface area contributed by atoms with E-state index < -0.39 is 0 Å². The van der Waals surface area contributed by atoms with Gasteiger partial charge in [-0.3, -0.25) is 4.79 Å². The van der Waals surface area contributed by atoms with Crippen molar-refractivity contribution in [3.63, 3.8) is 0 Å². The summed E-state index contributed by atoms with van der Waals surface area (Å²) in [6.07, 6.45) is 3.31. The molecule has 0 bridgehead atoms. The van der Waals surface area contributed by atoms with Gasteiger partial charge < -0.3 is 14.9 Å². The molecule has 5 aromatic rings. The van der Waals surface area contributed by atoms with Gasteiger partial charge in [-0.2, -0.15) is 0 Å². The van der Waals surface area contributed by atoms with E-state index in [1.54, 1.807) is 17.8 Å². The lowest BCUT2D eigenvalue weighted by Gasteiger charge is -2.06. The molecule has 168 valence electrons. The molecule has 2 N–H and O–H groups in total. The van der Waals surface area contributed by atoms with Crippen molar-refractivity contribution in [2.75, 3.05) is 5.32 Å². The van der Waals surface area contributed by atoms with Crippen molar-refractivity contribution in [2.24, 2.45) is 7.05 Å². The predicted octanol–water partition coefficient (Wildman–Crippen LogP) is 5.30. The minimum Gasteiger partial charge on any atom is -0.341 e. The lowest BCUT2D eigenvalue weighted by molar-refractivity contribution is -0.111. The number of thioether (sulfide) groups is 1. The number of nitrogens with one attached hydrogen (secondary N) is 2. The number of amides is 1. The van der Waals surface area contributed by atoms with Gasteiger partial charge in [0.25, 0.3) is 0 Å². The molecule has 2 heterocycles. The van der Waals surface area contributed by atoms with Crippen LogP contribution in [0.4, 0.5) is 5.69 Å². The molecule has 8 heteroatoms. The summed E-state index contributed by atoms with van der Waals surface area (Å²) in [6, 6.07) is 25.3. The third kappa shape index (κ3) is 4.92. The molecule has 0 atom stereocenters. The molecule has 0 saturated carbocycles. The van der Waals surface area contributed by atoms with Crippen molar-refractivity contribution in [3.05, 3.63) is 96.3 Å². The molecule has 3 aromatic carbocycles. The van der Waals surface area contributed by atoms with Crippen LogP contribution in [0, 0.1) is 0 Å². The number of hydrogen-bond donors (Lipinski definition) is 2. The Labute approximate surface area is 201 Å². The maximum Gasteiger partial charge on any atom is 0.248 e. The van der Waals surface area contributed by atoms with Crippen LogP contribution >= 0.6 is 11.8 Å². The van der Waals surface area contributed by atoms with E-state index in [0.29, 0.717) is 11.4 Å². The summed E-state index contributed by atoms with van der Waals surface area (Å²) in [4.78, 5) is 20.2. The molecule has 0 unspecified atom stereocenters. The van der Waals surface area contributed by atoms with Crippen LogP contribution in [0.25, 0.3) is 28.5 Å². The number of fused-ring (bicyclic) bond motifs is 1. The summed E-state index contributed by atoms with van der Waals surface area (Å²) < 4.78 is 1.96. The highest BCUT2D eigenvalue weighted by atomic mass is 32.2. The highest BCUT2D eigenvalue weighted by molar-refractivity contribution is 7.98. The molecule has 0 radical (unpaired) electrons.